The van der Waals surface area contributed by atoms with E-state index in [9.17, 15) is 5.11 Å². The molecular weight excluding hydrogens is 248 g/mol. The Morgan fingerprint density at radius 1 is 1.10 bits per heavy atom. The molecule has 0 radical (unpaired) electrons. The minimum atomic E-state index is -0.469. The van der Waals surface area contributed by atoms with Crippen LogP contribution in [0.25, 0.3) is 0 Å². The zero-order valence-corrected chi connectivity index (χ0v) is 12.0. The van der Waals surface area contributed by atoms with Gasteiger partial charge in [-0.2, -0.15) is 0 Å². The van der Waals surface area contributed by atoms with Crippen LogP contribution in [0.15, 0.2) is 42.5 Å². The Morgan fingerprint density at radius 3 is 2.75 bits per heavy atom. The van der Waals surface area contributed by atoms with Crippen molar-refractivity contribution in [2.75, 3.05) is 6.61 Å². The maximum Gasteiger partial charge on any atom is 0.122 e. The first-order valence-corrected chi connectivity index (χ1v) is 7.11. The lowest BCUT2D eigenvalue weighted by atomic mass is 9.86. The summed E-state index contributed by atoms with van der Waals surface area (Å²) in [7, 11) is 0. The predicted molar refractivity (Wildman–Crippen MR) is 80.0 cm³/mol. The van der Waals surface area contributed by atoms with Gasteiger partial charge < -0.3 is 9.84 Å². The number of hydrogen-bond acceptors (Lipinski definition) is 2. The average Bonchev–Trinajstić information content (AvgIpc) is 2.49. The van der Waals surface area contributed by atoms with Gasteiger partial charge in [-0.1, -0.05) is 36.4 Å². The zero-order valence-electron chi connectivity index (χ0n) is 12.0. The molecule has 1 aliphatic rings. The van der Waals surface area contributed by atoms with Gasteiger partial charge in [-0.3, -0.25) is 0 Å². The van der Waals surface area contributed by atoms with Crippen LogP contribution in [0.5, 0.6) is 5.75 Å². The van der Waals surface area contributed by atoms with Gasteiger partial charge in [0.25, 0.3) is 0 Å². The molecular formula is C18H20O2. The Hall–Kier alpha value is -1.80. The van der Waals surface area contributed by atoms with Gasteiger partial charge in [0.1, 0.15) is 5.75 Å². The highest BCUT2D eigenvalue weighted by Crippen LogP contribution is 2.34. The highest BCUT2D eigenvalue weighted by Gasteiger charge is 2.28. The molecule has 20 heavy (non-hydrogen) atoms. The van der Waals surface area contributed by atoms with Crippen molar-refractivity contribution in [3.05, 3.63) is 64.7 Å². The first-order valence-electron chi connectivity index (χ1n) is 7.11. The summed E-state index contributed by atoms with van der Waals surface area (Å²) in [6.45, 7) is 4.73. The number of aryl methyl sites for hydroxylation is 1. The van der Waals surface area contributed by atoms with Gasteiger partial charge >= 0.3 is 0 Å². The molecule has 2 aromatic rings. The summed E-state index contributed by atoms with van der Waals surface area (Å²) < 4.78 is 5.79. The third-order valence-electron chi connectivity index (χ3n) is 4.32. The summed E-state index contributed by atoms with van der Waals surface area (Å²) in [5.74, 6) is 1.07. The normalized spacial score (nSPS) is 19.1. The fourth-order valence-electron chi connectivity index (χ4n) is 2.90. The molecule has 2 atom stereocenters. The fourth-order valence-corrected chi connectivity index (χ4v) is 2.90. The van der Waals surface area contributed by atoms with E-state index in [4.69, 9.17) is 4.74 Å². The highest BCUT2D eigenvalue weighted by molar-refractivity contribution is 5.38. The zero-order chi connectivity index (χ0) is 14.1. The average molecular weight is 268 g/mol. The van der Waals surface area contributed by atoms with Crippen LogP contribution in [-0.2, 0) is 6.42 Å². The second-order valence-corrected chi connectivity index (χ2v) is 5.62. The molecule has 0 fully saturated rings. The van der Waals surface area contributed by atoms with Gasteiger partial charge in [-0.15, -0.1) is 0 Å². The Bertz CT molecular complexity index is 619. The molecule has 0 spiro atoms. The standard InChI is InChI=1S/C18H20O2/c1-12-6-5-8-16(13(12)2)18(19)15-10-14-7-3-4-9-17(14)20-11-15/h3-9,15,18-19H,10-11H2,1-2H3. The van der Waals surface area contributed by atoms with E-state index >= 15 is 0 Å². The number of para-hydroxylation sites is 1. The van der Waals surface area contributed by atoms with Crippen LogP contribution in [0.2, 0.25) is 0 Å². The lowest BCUT2D eigenvalue weighted by Crippen LogP contribution is -2.27. The third-order valence-corrected chi connectivity index (χ3v) is 4.32. The van der Waals surface area contributed by atoms with Gasteiger partial charge in [-0.25, -0.2) is 0 Å². The van der Waals surface area contributed by atoms with Crippen molar-refractivity contribution < 1.29 is 9.84 Å². The molecule has 3 rings (SSSR count). The number of aliphatic hydroxyl groups is 1. The largest absolute Gasteiger partial charge is 0.493 e. The lowest BCUT2D eigenvalue weighted by Gasteiger charge is -2.30. The summed E-state index contributed by atoms with van der Waals surface area (Å²) in [5, 5.41) is 10.7. The van der Waals surface area contributed by atoms with Crippen LogP contribution in [-0.4, -0.2) is 11.7 Å². The van der Waals surface area contributed by atoms with Gasteiger partial charge in [-0.05, 0) is 48.6 Å². The van der Waals surface area contributed by atoms with E-state index in [1.54, 1.807) is 0 Å². The van der Waals surface area contributed by atoms with Gasteiger partial charge in [0.05, 0.1) is 12.7 Å². The van der Waals surface area contributed by atoms with E-state index in [0.717, 1.165) is 17.7 Å². The molecule has 1 aliphatic heterocycles. The Labute approximate surface area is 120 Å². The summed E-state index contributed by atoms with van der Waals surface area (Å²) >= 11 is 0. The van der Waals surface area contributed by atoms with Gasteiger partial charge in [0.15, 0.2) is 0 Å². The summed E-state index contributed by atoms with van der Waals surface area (Å²) in [4.78, 5) is 0. The predicted octanol–water partition coefficient (Wildman–Crippen LogP) is 3.59. The first-order chi connectivity index (χ1) is 9.66. The Morgan fingerprint density at radius 2 is 1.90 bits per heavy atom. The van der Waals surface area contributed by atoms with E-state index < -0.39 is 6.10 Å². The van der Waals surface area contributed by atoms with Crippen molar-refractivity contribution in [1.29, 1.82) is 0 Å². The van der Waals surface area contributed by atoms with Crippen molar-refractivity contribution >= 4 is 0 Å². The number of aliphatic hydroxyl groups excluding tert-OH is 1. The maximum atomic E-state index is 10.7. The van der Waals surface area contributed by atoms with Crippen LogP contribution < -0.4 is 4.74 Å². The van der Waals surface area contributed by atoms with E-state index in [2.05, 4.69) is 26.0 Å². The summed E-state index contributed by atoms with van der Waals surface area (Å²) in [5.41, 5.74) is 4.61. The van der Waals surface area contributed by atoms with Crippen LogP contribution in [0, 0.1) is 19.8 Å². The number of benzene rings is 2. The fraction of sp³-hybridized carbons (Fsp3) is 0.333. The molecule has 0 aliphatic carbocycles. The summed E-state index contributed by atoms with van der Waals surface area (Å²) in [6.07, 6.45) is 0.397. The maximum absolute atomic E-state index is 10.7. The molecule has 2 unspecified atom stereocenters. The van der Waals surface area contributed by atoms with Crippen molar-refractivity contribution in [3.63, 3.8) is 0 Å². The lowest BCUT2D eigenvalue weighted by molar-refractivity contribution is 0.0640. The molecule has 0 aromatic heterocycles. The van der Waals surface area contributed by atoms with Crippen LogP contribution in [0.3, 0.4) is 0 Å². The highest BCUT2D eigenvalue weighted by atomic mass is 16.5. The SMILES string of the molecule is Cc1cccc(C(O)C2COc3ccccc3C2)c1C. The molecule has 0 amide bonds. The molecule has 2 aromatic carbocycles. The molecule has 1 N–H and O–H groups in total. The van der Waals surface area contributed by atoms with E-state index in [1.807, 2.05) is 30.3 Å². The van der Waals surface area contributed by atoms with Crippen molar-refractivity contribution in [2.24, 2.45) is 5.92 Å². The number of rotatable bonds is 2. The topological polar surface area (TPSA) is 29.5 Å². The van der Waals surface area contributed by atoms with Crippen molar-refractivity contribution in [3.8, 4) is 5.75 Å². The van der Waals surface area contributed by atoms with E-state index in [-0.39, 0.29) is 5.92 Å². The van der Waals surface area contributed by atoms with Gasteiger partial charge in [0, 0.05) is 5.92 Å². The van der Waals surface area contributed by atoms with Crippen LogP contribution in [0.4, 0.5) is 0 Å². The first kappa shape index (κ1) is 13.2. The van der Waals surface area contributed by atoms with E-state index in [0.29, 0.717) is 6.61 Å². The van der Waals surface area contributed by atoms with E-state index in [1.165, 1.54) is 16.7 Å². The molecule has 1 heterocycles. The number of ether oxygens (including phenoxy) is 1. The molecule has 2 nitrogen and oxygen atoms in total. The third kappa shape index (κ3) is 2.32. The number of hydrogen-bond donors (Lipinski definition) is 1. The number of fused-ring (bicyclic) bond motifs is 1. The molecule has 0 bridgehead atoms. The molecule has 0 saturated carbocycles. The second kappa shape index (κ2) is 5.29. The van der Waals surface area contributed by atoms with Crippen LogP contribution in [0.1, 0.15) is 28.4 Å². The Kier molecular flexibility index (Phi) is 3.49. The summed E-state index contributed by atoms with van der Waals surface area (Å²) in [6, 6.07) is 14.2. The quantitative estimate of drug-likeness (QED) is 0.902. The minimum Gasteiger partial charge on any atom is -0.493 e. The minimum absolute atomic E-state index is 0.116. The van der Waals surface area contributed by atoms with Crippen molar-refractivity contribution in [2.45, 2.75) is 26.4 Å². The molecule has 0 saturated heterocycles. The molecule has 2 heteroatoms. The molecule has 104 valence electrons. The second-order valence-electron chi connectivity index (χ2n) is 5.62. The monoisotopic (exact) mass is 268 g/mol. The van der Waals surface area contributed by atoms with Gasteiger partial charge in [0.2, 0.25) is 0 Å². The van der Waals surface area contributed by atoms with Crippen LogP contribution >= 0.6 is 0 Å². The van der Waals surface area contributed by atoms with Crippen molar-refractivity contribution in [1.82, 2.24) is 0 Å². The Balaban J connectivity index is 1.86. The smallest absolute Gasteiger partial charge is 0.122 e.